The Morgan fingerprint density at radius 1 is 1.15 bits per heavy atom. The van der Waals surface area contributed by atoms with Gasteiger partial charge >= 0.3 is 0 Å². The van der Waals surface area contributed by atoms with E-state index in [-0.39, 0.29) is 35.8 Å². The highest BCUT2D eigenvalue weighted by Crippen LogP contribution is 2.21. The van der Waals surface area contributed by atoms with E-state index >= 15 is 0 Å². The van der Waals surface area contributed by atoms with Gasteiger partial charge in [0.1, 0.15) is 0 Å². The van der Waals surface area contributed by atoms with Gasteiger partial charge in [0.15, 0.2) is 11.8 Å². The van der Waals surface area contributed by atoms with Crippen molar-refractivity contribution in [2.24, 2.45) is 16.8 Å². The summed E-state index contributed by atoms with van der Waals surface area (Å²) in [4.78, 5) is 28.6. The van der Waals surface area contributed by atoms with Gasteiger partial charge in [0.05, 0.1) is 13.1 Å². The average molecular weight is 576 g/mol. The van der Waals surface area contributed by atoms with Crippen molar-refractivity contribution >= 4 is 35.8 Å². The summed E-state index contributed by atoms with van der Waals surface area (Å²) in [7, 11) is 0. The largest absolute Gasteiger partial charge is 0.357 e. The summed E-state index contributed by atoms with van der Waals surface area (Å²) >= 11 is 0. The fraction of sp³-hybridized carbons (Fsp3) is 0.826. The summed E-state index contributed by atoms with van der Waals surface area (Å²) in [6.45, 7) is 17.9. The minimum Gasteiger partial charge on any atom is -0.357 e. The molecule has 0 spiro atoms. The zero-order chi connectivity index (χ0) is 23.1. The molecule has 188 valence electrons. The van der Waals surface area contributed by atoms with Crippen molar-refractivity contribution in [3.63, 3.8) is 0 Å². The molecule has 2 saturated heterocycles. The number of hydrogen-bond donors (Lipinski definition) is 1. The van der Waals surface area contributed by atoms with Crippen LogP contribution >= 0.6 is 24.0 Å². The first-order valence-electron chi connectivity index (χ1n) is 12.2. The first kappa shape index (κ1) is 27.8. The van der Waals surface area contributed by atoms with Crippen LogP contribution in [-0.4, -0.2) is 95.6 Å². The number of aromatic nitrogens is 2. The van der Waals surface area contributed by atoms with Crippen LogP contribution in [0, 0.1) is 11.8 Å². The standard InChI is InChI=1S/C23H41N7O2.HI/c1-6-24-23(25-8-7-20-26-22(17(2)3)27-32-20)29-11-9-28(10-12-29)16-21(31)30-14-18(4)13-19(5)15-30;/h17-19H,6-16H2,1-5H3,(H,24,25);1H. The molecule has 0 radical (unpaired) electrons. The zero-order valence-corrected chi connectivity index (χ0v) is 23.2. The molecule has 2 fully saturated rings. The molecule has 0 saturated carbocycles. The van der Waals surface area contributed by atoms with Crippen molar-refractivity contribution in [3.8, 4) is 0 Å². The molecule has 0 aromatic carbocycles. The predicted octanol–water partition coefficient (Wildman–Crippen LogP) is 2.44. The Kier molecular flexibility index (Phi) is 11.3. The fourth-order valence-electron chi connectivity index (χ4n) is 4.56. The number of hydrogen-bond acceptors (Lipinski definition) is 6. The smallest absolute Gasteiger partial charge is 0.236 e. The van der Waals surface area contributed by atoms with Gasteiger partial charge in [-0.05, 0) is 25.2 Å². The number of aliphatic imine (C=N–C) groups is 1. The number of amides is 1. The van der Waals surface area contributed by atoms with Gasteiger partial charge in [-0.15, -0.1) is 24.0 Å². The van der Waals surface area contributed by atoms with E-state index in [9.17, 15) is 4.79 Å². The first-order valence-corrected chi connectivity index (χ1v) is 12.2. The van der Waals surface area contributed by atoms with Gasteiger partial charge in [-0.3, -0.25) is 14.7 Å². The van der Waals surface area contributed by atoms with Crippen molar-refractivity contribution in [3.05, 3.63) is 11.7 Å². The second kappa shape index (κ2) is 13.5. The van der Waals surface area contributed by atoms with Gasteiger partial charge in [-0.2, -0.15) is 4.98 Å². The Balaban J connectivity index is 0.00000385. The highest BCUT2D eigenvalue weighted by molar-refractivity contribution is 14.0. The molecule has 2 unspecified atom stereocenters. The SMILES string of the molecule is CCNC(=NCCc1nc(C(C)C)no1)N1CCN(CC(=O)N2CC(C)CC(C)C2)CC1.I. The van der Waals surface area contributed by atoms with Crippen LogP contribution in [0.25, 0.3) is 0 Å². The molecule has 0 bridgehead atoms. The first-order chi connectivity index (χ1) is 15.4. The predicted molar refractivity (Wildman–Crippen MR) is 141 cm³/mol. The molecule has 2 aliphatic heterocycles. The molecule has 9 nitrogen and oxygen atoms in total. The van der Waals surface area contributed by atoms with Crippen LogP contribution in [0.5, 0.6) is 0 Å². The topological polar surface area (TPSA) is 90.1 Å². The maximum atomic E-state index is 12.8. The van der Waals surface area contributed by atoms with Gasteiger partial charge < -0.3 is 19.6 Å². The molecular formula is C23H42IN7O2. The molecule has 1 aromatic heterocycles. The van der Waals surface area contributed by atoms with Crippen molar-refractivity contribution < 1.29 is 9.32 Å². The van der Waals surface area contributed by atoms with Crippen LogP contribution in [-0.2, 0) is 11.2 Å². The van der Waals surface area contributed by atoms with Crippen LogP contribution in [0.1, 0.15) is 58.7 Å². The van der Waals surface area contributed by atoms with Gasteiger partial charge in [-0.1, -0.05) is 32.9 Å². The van der Waals surface area contributed by atoms with E-state index in [4.69, 9.17) is 9.52 Å². The van der Waals surface area contributed by atoms with E-state index in [1.807, 2.05) is 0 Å². The molecule has 2 aliphatic rings. The van der Waals surface area contributed by atoms with Crippen LogP contribution in [0.3, 0.4) is 0 Å². The number of likely N-dealkylation sites (tertiary alicyclic amines) is 1. The molecule has 0 aliphatic carbocycles. The Hall–Kier alpha value is -1.43. The van der Waals surface area contributed by atoms with Crippen molar-refractivity contribution in [1.82, 2.24) is 30.2 Å². The number of rotatable bonds is 7. The molecule has 1 amide bonds. The number of carbonyl (C=O) groups excluding carboxylic acids is 1. The van der Waals surface area contributed by atoms with Crippen molar-refractivity contribution in [2.45, 2.75) is 53.4 Å². The third-order valence-corrected chi connectivity index (χ3v) is 6.17. The van der Waals surface area contributed by atoms with E-state index in [0.717, 1.165) is 57.6 Å². The maximum absolute atomic E-state index is 12.8. The Bertz CT molecular complexity index is 752. The second-order valence-corrected chi connectivity index (χ2v) is 9.69. The van der Waals surface area contributed by atoms with Crippen LogP contribution in [0.2, 0.25) is 0 Å². The monoisotopic (exact) mass is 575 g/mol. The average Bonchev–Trinajstić information content (AvgIpc) is 3.22. The number of halogens is 1. The van der Waals surface area contributed by atoms with Gasteiger partial charge in [0, 0.05) is 58.2 Å². The summed E-state index contributed by atoms with van der Waals surface area (Å²) in [5.74, 6) is 4.04. The summed E-state index contributed by atoms with van der Waals surface area (Å²) in [6, 6.07) is 0. The third-order valence-electron chi connectivity index (χ3n) is 6.17. The van der Waals surface area contributed by atoms with Crippen molar-refractivity contribution in [1.29, 1.82) is 0 Å². The number of piperidine rings is 1. The minimum atomic E-state index is 0. The summed E-state index contributed by atoms with van der Waals surface area (Å²) in [5.41, 5.74) is 0. The van der Waals surface area contributed by atoms with Crippen molar-refractivity contribution in [2.75, 3.05) is 58.9 Å². The molecular weight excluding hydrogens is 533 g/mol. The highest BCUT2D eigenvalue weighted by atomic mass is 127. The normalized spacial score (nSPS) is 22.4. The lowest BCUT2D eigenvalue weighted by molar-refractivity contribution is -0.135. The summed E-state index contributed by atoms with van der Waals surface area (Å²) < 4.78 is 5.32. The quantitative estimate of drug-likeness (QED) is 0.304. The highest BCUT2D eigenvalue weighted by Gasteiger charge is 2.28. The van der Waals surface area contributed by atoms with E-state index in [1.165, 1.54) is 6.42 Å². The van der Waals surface area contributed by atoms with Crippen LogP contribution in [0.4, 0.5) is 0 Å². The molecule has 33 heavy (non-hydrogen) atoms. The lowest BCUT2D eigenvalue weighted by atomic mass is 9.92. The summed E-state index contributed by atoms with van der Waals surface area (Å²) in [6.07, 6.45) is 1.86. The Labute approximate surface area is 215 Å². The molecule has 1 aromatic rings. The zero-order valence-electron chi connectivity index (χ0n) is 20.9. The second-order valence-electron chi connectivity index (χ2n) is 9.69. The molecule has 10 heteroatoms. The van der Waals surface area contributed by atoms with E-state index < -0.39 is 0 Å². The number of guanidine groups is 1. The Morgan fingerprint density at radius 2 is 1.82 bits per heavy atom. The molecule has 2 atom stereocenters. The number of piperazine rings is 1. The third kappa shape index (κ3) is 8.38. The van der Waals surface area contributed by atoms with E-state index in [2.05, 4.69) is 64.8 Å². The van der Waals surface area contributed by atoms with Gasteiger partial charge in [0.25, 0.3) is 0 Å². The van der Waals surface area contributed by atoms with Gasteiger partial charge in [0.2, 0.25) is 11.8 Å². The number of carbonyl (C=O) groups is 1. The van der Waals surface area contributed by atoms with Crippen LogP contribution < -0.4 is 5.32 Å². The van der Waals surface area contributed by atoms with E-state index in [1.54, 1.807) is 0 Å². The number of nitrogens with one attached hydrogen (secondary N) is 1. The minimum absolute atomic E-state index is 0. The van der Waals surface area contributed by atoms with Gasteiger partial charge in [-0.25, -0.2) is 0 Å². The summed E-state index contributed by atoms with van der Waals surface area (Å²) in [5, 5.41) is 7.41. The maximum Gasteiger partial charge on any atom is 0.236 e. The number of nitrogens with zero attached hydrogens (tertiary/aromatic N) is 6. The van der Waals surface area contributed by atoms with E-state index in [0.29, 0.717) is 37.2 Å². The molecule has 3 rings (SSSR count). The molecule has 1 N–H and O–H groups in total. The van der Waals surface area contributed by atoms with Crippen LogP contribution in [0.15, 0.2) is 9.52 Å². The lowest BCUT2D eigenvalue weighted by Gasteiger charge is -2.39. The fourth-order valence-corrected chi connectivity index (χ4v) is 4.56. The molecule has 3 heterocycles. The lowest BCUT2D eigenvalue weighted by Crippen LogP contribution is -2.55. The Morgan fingerprint density at radius 3 is 2.39 bits per heavy atom.